The molecule has 2 rings (SSSR count). The van der Waals surface area contributed by atoms with Gasteiger partial charge in [-0.3, -0.25) is 9.59 Å². The number of likely N-dealkylation sites (tertiary alicyclic amines) is 1. The SMILES string of the molecule is CCC[C@H]1C(=O)N(S(C)(=O)=O)[C@H]2CCN(C(=O)CCCCCCCCCN(CC)CC)[C@H]12.O=C(O)C(O)C(O)C(=O)O. The summed E-state index contributed by atoms with van der Waals surface area (Å²) < 4.78 is 25.5. The van der Waals surface area contributed by atoms with Crippen molar-refractivity contribution in [3.05, 3.63) is 0 Å². The van der Waals surface area contributed by atoms with Crippen LogP contribution in [-0.2, 0) is 29.2 Å². The first kappa shape index (κ1) is 37.7. The van der Waals surface area contributed by atoms with Gasteiger partial charge in [-0.05, 0) is 45.3 Å². The highest BCUT2D eigenvalue weighted by molar-refractivity contribution is 7.88. The number of carboxylic acid groups (broad SMARTS) is 2. The fraction of sp³-hybridized carbons (Fsp3) is 0.857. The summed E-state index contributed by atoms with van der Waals surface area (Å²) in [7, 11) is -3.61. The van der Waals surface area contributed by atoms with Gasteiger partial charge in [0.15, 0.2) is 12.2 Å². The van der Waals surface area contributed by atoms with Gasteiger partial charge in [-0.15, -0.1) is 0 Å². The molecule has 0 aromatic rings. The molecule has 0 aromatic carbocycles. The molecule has 42 heavy (non-hydrogen) atoms. The molecule has 2 saturated heterocycles. The molecule has 0 saturated carbocycles. The van der Waals surface area contributed by atoms with Crippen LogP contribution in [0.2, 0.25) is 0 Å². The first-order valence-electron chi connectivity index (χ1n) is 15.1. The van der Waals surface area contributed by atoms with E-state index >= 15 is 0 Å². The zero-order valence-electron chi connectivity index (χ0n) is 25.5. The maximum Gasteiger partial charge on any atom is 0.335 e. The molecule has 4 N–H and O–H groups in total. The van der Waals surface area contributed by atoms with E-state index < -0.39 is 34.2 Å². The summed E-state index contributed by atoms with van der Waals surface area (Å²) >= 11 is 0. The van der Waals surface area contributed by atoms with Gasteiger partial charge in [-0.25, -0.2) is 22.3 Å². The minimum Gasteiger partial charge on any atom is -0.479 e. The van der Waals surface area contributed by atoms with Crippen LogP contribution in [0.4, 0.5) is 0 Å². The number of aliphatic hydroxyl groups excluding tert-OH is 2. The molecule has 0 bridgehead atoms. The summed E-state index contributed by atoms with van der Waals surface area (Å²) in [6, 6.07) is -0.662. The fourth-order valence-electron chi connectivity index (χ4n) is 5.77. The average Bonchev–Trinajstić information content (AvgIpc) is 3.46. The number of hydrogen-bond acceptors (Lipinski definition) is 9. The Morgan fingerprint density at radius 1 is 0.905 bits per heavy atom. The van der Waals surface area contributed by atoms with Crippen LogP contribution in [0.25, 0.3) is 0 Å². The number of nitrogens with zero attached hydrogens (tertiary/aromatic N) is 3. The maximum atomic E-state index is 12.9. The molecule has 2 unspecified atom stereocenters. The summed E-state index contributed by atoms with van der Waals surface area (Å²) in [5.41, 5.74) is 0. The van der Waals surface area contributed by atoms with Crippen molar-refractivity contribution >= 4 is 33.8 Å². The van der Waals surface area contributed by atoms with Gasteiger partial charge in [0.25, 0.3) is 0 Å². The number of carbonyl (C=O) groups is 4. The lowest BCUT2D eigenvalue weighted by atomic mass is 9.94. The number of sulfonamides is 1. The molecule has 2 heterocycles. The quantitative estimate of drug-likeness (QED) is 0.162. The van der Waals surface area contributed by atoms with Crippen LogP contribution < -0.4 is 0 Å². The predicted molar refractivity (Wildman–Crippen MR) is 156 cm³/mol. The van der Waals surface area contributed by atoms with E-state index in [0.29, 0.717) is 25.8 Å². The molecule has 2 aliphatic heterocycles. The number of aliphatic hydroxyl groups is 2. The van der Waals surface area contributed by atoms with Gasteiger partial charge in [0.1, 0.15) is 0 Å². The third-order valence-corrected chi connectivity index (χ3v) is 9.17. The lowest BCUT2D eigenvalue weighted by Gasteiger charge is -2.27. The average molecular weight is 622 g/mol. The topological polar surface area (TPSA) is 193 Å². The highest BCUT2D eigenvalue weighted by Gasteiger charge is 2.56. The Kier molecular flexibility index (Phi) is 16.5. The van der Waals surface area contributed by atoms with Gasteiger partial charge in [0, 0.05) is 13.0 Å². The monoisotopic (exact) mass is 621 g/mol. The van der Waals surface area contributed by atoms with Crippen molar-refractivity contribution in [3.8, 4) is 0 Å². The Morgan fingerprint density at radius 2 is 1.40 bits per heavy atom. The highest BCUT2D eigenvalue weighted by Crippen LogP contribution is 2.40. The number of carbonyl (C=O) groups excluding carboxylic acids is 2. The molecule has 2 fully saturated rings. The summed E-state index contributed by atoms with van der Waals surface area (Å²) in [6.07, 6.45) is 7.15. The van der Waals surface area contributed by atoms with E-state index in [2.05, 4.69) is 18.7 Å². The largest absolute Gasteiger partial charge is 0.479 e. The lowest BCUT2D eigenvalue weighted by molar-refractivity contribution is -0.165. The van der Waals surface area contributed by atoms with Gasteiger partial charge < -0.3 is 30.2 Å². The van der Waals surface area contributed by atoms with Crippen LogP contribution in [0, 0.1) is 5.92 Å². The van der Waals surface area contributed by atoms with E-state index in [4.69, 9.17) is 20.4 Å². The zero-order chi connectivity index (χ0) is 32.0. The third kappa shape index (κ3) is 11.1. The summed E-state index contributed by atoms with van der Waals surface area (Å²) in [4.78, 5) is 49.6. The third-order valence-electron chi connectivity index (χ3n) is 8.01. The number of carboxylic acids is 2. The molecule has 0 spiro atoms. The van der Waals surface area contributed by atoms with Crippen molar-refractivity contribution in [2.24, 2.45) is 5.92 Å². The molecule has 14 heteroatoms. The van der Waals surface area contributed by atoms with Crippen molar-refractivity contribution in [3.63, 3.8) is 0 Å². The molecule has 2 aliphatic rings. The molecule has 0 radical (unpaired) electrons. The van der Waals surface area contributed by atoms with Gasteiger partial charge in [-0.1, -0.05) is 59.3 Å². The summed E-state index contributed by atoms with van der Waals surface area (Å²) in [6.45, 7) is 10.4. The predicted octanol–water partition coefficient (Wildman–Crippen LogP) is 1.51. The standard InChI is InChI=1S/C24H45N3O4S.C4H6O6/c1-5-15-20-23-21(27(24(20)29)32(4,30)31)17-19-26(23)22(28)16-13-11-9-8-10-12-14-18-25(6-2)7-3;5-1(3(7)8)2(6)4(9)10/h20-21,23H,5-19H2,1-4H3;1-2,5-6H,(H,7,8)(H,9,10)/t20-,21+,23-;/m1./s1. The molecule has 5 atom stereocenters. The molecule has 2 amide bonds. The van der Waals surface area contributed by atoms with Gasteiger partial charge in [0.05, 0.1) is 24.3 Å². The van der Waals surface area contributed by atoms with Crippen LogP contribution in [-0.4, -0.2) is 123 Å². The number of amides is 2. The molecule has 13 nitrogen and oxygen atoms in total. The van der Waals surface area contributed by atoms with Crippen LogP contribution >= 0.6 is 0 Å². The van der Waals surface area contributed by atoms with Gasteiger partial charge in [-0.2, -0.15) is 0 Å². The van der Waals surface area contributed by atoms with Gasteiger partial charge >= 0.3 is 11.9 Å². The molecular formula is C28H51N3O10S. The Hall–Kier alpha value is -2.29. The Bertz CT molecular complexity index is 970. The second kappa shape index (κ2) is 18.4. The second-order valence-electron chi connectivity index (χ2n) is 11.0. The van der Waals surface area contributed by atoms with Gasteiger partial charge in [0.2, 0.25) is 21.8 Å². The van der Waals surface area contributed by atoms with E-state index in [1.807, 2.05) is 11.8 Å². The Labute approximate surface area is 249 Å². The van der Waals surface area contributed by atoms with Crippen molar-refractivity contribution < 1.29 is 48.0 Å². The zero-order valence-corrected chi connectivity index (χ0v) is 26.3. The van der Waals surface area contributed by atoms with E-state index in [9.17, 15) is 27.6 Å². The van der Waals surface area contributed by atoms with E-state index in [1.165, 1.54) is 32.2 Å². The minimum atomic E-state index is -3.61. The maximum absolute atomic E-state index is 12.9. The molecular weight excluding hydrogens is 570 g/mol. The first-order chi connectivity index (χ1) is 19.7. The minimum absolute atomic E-state index is 0.0842. The second-order valence-corrected chi connectivity index (χ2v) is 12.9. The van der Waals surface area contributed by atoms with E-state index in [1.54, 1.807) is 0 Å². The highest BCUT2D eigenvalue weighted by atomic mass is 32.2. The van der Waals surface area contributed by atoms with Crippen molar-refractivity contribution in [1.29, 1.82) is 0 Å². The van der Waals surface area contributed by atoms with Crippen LogP contribution in [0.15, 0.2) is 0 Å². The molecule has 244 valence electrons. The lowest BCUT2D eigenvalue weighted by Crippen LogP contribution is -2.43. The summed E-state index contributed by atoms with van der Waals surface area (Å²) in [5.74, 6) is -4.16. The van der Waals surface area contributed by atoms with Crippen molar-refractivity contribution in [2.75, 3.05) is 32.4 Å². The first-order valence-corrected chi connectivity index (χ1v) is 16.9. The number of hydrogen-bond donors (Lipinski definition) is 4. The number of unbranched alkanes of at least 4 members (excludes halogenated alkanes) is 6. The summed E-state index contributed by atoms with van der Waals surface area (Å²) in [5, 5.41) is 32.5. The number of aliphatic carboxylic acids is 2. The van der Waals surface area contributed by atoms with Crippen molar-refractivity contribution in [2.45, 2.75) is 116 Å². The molecule has 0 aliphatic carbocycles. The van der Waals surface area contributed by atoms with Crippen molar-refractivity contribution in [1.82, 2.24) is 14.1 Å². The van der Waals surface area contributed by atoms with E-state index in [0.717, 1.165) is 49.3 Å². The van der Waals surface area contributed by atoms with Crippen LogP contribution in [0.5, 0.6) is 0 Å². The number of rotatable bonds is 18. The fourth-order valence-corrected chi connectivity index (χ4v) is 6.95. The van der Waals surface area contributed by atoms with Crippen LogP contribution in [0.1, 0.15) is 91.4 Å². The normalized spacial score (nSPS) is 21.6. The van der Waals surface area contributed by atoms with Crippen LogP contribution in [0.3, 0.4) is 0 Å². The molecule has 0 aromatic heterocycles. The Balaban J connectivity index is 0.000000752. The Morgan fingerprint density at radius 3 is 1.86 bits per heavy atom. The smallest absolute Gasteiger partial charge is 0.335 e. The van der Waals surface area contributed by atoms with E-state index in [-0.39, 0.29) is 29.8 Å². The number of fused-ring (bicyclic) bond motifs is 1.